The number of ether oxygens (including phenoxy) is 1. The average molecular weight is 282 g/mol. The van der Waals surface area contributed by atoms with Crippen LogP contribution in [0.1, 0.15) is 39.2 Å². The van der Waals surface area contributed by atoms with E-state index in [1.165, 1.54) is 0 Å². The molecule has 2 rings (SSSR count). The predicted molar refractivity (Wildman–Crippen MR) is 76.3 cm³/mol. The number of carbonyl (C=O) groups excluding carboxylic acids is 1. The number of hydrogen-bond donors (Lipinski definition) is 0. The summed E-state index contributed by atoms with van der Waals surface area (Å²) in [6.07, 6.45) is 1.89. The first-order valence-electron chi connectivity index (χ1n) is 6.59. The molecule has 3 nitrogen and oxygen atoms in total. The zero-order valence-corrected chi connectivity index (χ0v) is 12.4. The van der Waals surface area contributed by atoms with Crippen LogP contribution in [0.5, 0.6) is 0 Å². The monoisotopic (exact) mass is 281 g/mol. The SMILES string of the molecule is CC(C)(C)OC(=O)N(Cc1ccc(Cl)cc1)C1CC1. The highest BCUT2D eigenvalue weighted by Gasteiger charge is 2.35. The fraction of sp³-hybridized carbons (Fsp3) is 0.533. The normalized spacial score (nSPS) is 15.2. The summed E-state index contributed by atoms with van der Waals surface area (Å²) >= 11 is 5.87. The third-order valence-corrected chi connectivity index (χ3v) is 3.13. The van der Waals surface area contributed by atoms with Crippen molar-refractivity contribution in [3.63, 3.8) is 0 Å². The van der Waals surface area contributed by atoms with E-state index in [1.54, 1.807) is 0 Å². The van der Waals surface area contributed by atoms with Crippen LogP contribution in [0.3, 0.4) is 0 Å². The molecule has 1 saturated carbocycles. The van der Waals surface area contributed by atoms with Gasteiger partial charge in [-0.05, 0) is 51.3 Å². The van der Waals surface area contributed by atoms with Gasteiger partial charge in [0.05, 0.1) is 0 Å². The molecule has 19 heavy (non-hydrogen) atoms. The number of amides is 1. The molecule has 4 heteroatoms. The lowest BCUT2D eigenvalue weighted by Crippen LogP contribution is -2.37. The Morgan fingerprint density at radius 3 is 2.37 bits per heavy atom. The van der Waals surface area contributed by atoms with Crippen LogP contribution in [0.15, 0.2) is 24.3 Å². The molecule has 0 bridgehead atoms. The smallest absolute Gasteiger partial charge is 0.410 e. The highest BCUT2D eigenvalue weighted by Crippen LogP contribution is 2.30. The van der Waals surface area contributed by atoms with Gasteiger partial charge in [0, 0.05) is 17.6 Å². The number of carbonyl (C=O) groups is 1. The van der Waals surface area contributed by atoms with Crippen LogP contribution >= 0.6 is 11.6 Å². The van der Waals surface area contributed by atoms with Gasteiger partial charge < -0.3 is 9.64 Å². The van der Waals surface area contributed by atoms with Crippen molar-refractivity contribution in [3.05, 3.63) is 34.9 Å². The van der Waals surface area contributed by atoms with Crippen molar-refractivity contribution in [2.45, 2.75) is 51.8 Å². The van der Waals surface area contributed by atoms with Crippen molar-refractivity contribution in [1.29, 1.82) is 0 Å². The van der Waals surface area contributed by atoms with E-state index in [1.807, 2.05) is 49.9 Å². The maximum absolute atomic E-state index is 12.2. The molecule has 0 N–H and O–H groups in total. The van der Waals surface area contributed by atoms with Gasteiger partial charge in [-0.15, -0.1) is 0 Å². The highest BCUT2D eigenvalue weighted by molar-refractivity contribution is 6.30. The third kappa shape index (κ3) is 4.43. The highest BCUT2D eigenvalue weighted by atomic mass is 35.5. The van der Waals surface area contributed by atoms with E-state index >= 15 is 0 Å². The summed E-state index contributed by atoms with van der Waals surface area (Å²) in [5, 5.41) is 0.707. The second kappa shape index (κ2) is 5.41. The molecule has 1 aromatic rings. The van der Waals surface area contributed by atoms with Crippen molar-refractivity contribution in [3.8, 4) is 0 Å². The number of nitrogens with zero attached hydrogens (tertiary/aromatic N) is 1. The van der Waals surface area contributed by atoms with E-state index in [0.717, 1.165) is 18.4 Å². The minimum atomic E-state index is -0.454. The lowest BCUT2D eigenvalue weighted by atomic mass is 10.2. The predicted octanol–water partition coefficient (Wildman–Crippen LogP) is 4.24. The van der Waals surface area contributed by atoms with Crippen LogP contribution in [0.4, 0.5) is 4.79 Å². The molecule has 1 aromatic carbocycles. The molecule has 0 aliphatic heterocycles. The Morgan fingerprint density at radius 2 is 1.89 bits per heavy atom. The molecule has 0 saturated heterocycles. The van der Waals surface area contributed by atoms with E-state index in [0.29, 0.717) is 17.6 Å². The molecule has 0 radical (unpaired) electrons. The van der Waals surface area contributed by atoms with Gasteiger partial charge >= 0.3 is 6.09 Å². The number of halogens is 1. The van der Waals surface area contributed by atoms with Crippen LogP contribution in [-0.4, -0.2) is 22.6 Å². The standard InChI is InChI=1S/C15H20ClNO2/c1-15(2,3)19-14(18)17(13-8-9-13)10-11-4-6-12(16)7-5-11/h4-7,13H,8-10H2,1-3H3. The molecular formula is C15H20ClNO2. The Hall–Kier alpha value is -1.22. The Kier molecular flexibility index (Phi) is 4.04. The second-order valence-corrected chi connectivity index (χ2v) is 6.40. The summed E-state index contributed by atoms with van der Waals surface area (Å²) in [6, 6.07) is 7.91. The Bertz CT molecular complexity index is 446. The van der Waals surface area contributed by atoms with Gasteiger partial charge in [-0.1, -0.05) is 23.7 Å². The van der Waals surface area contributed by atoms with E-state index in [2.05, 4.69) is 0 Å². The molecule has 0 spiro atoms. The summed E-state index contributed by atoms with van der Waals surface area (Å²) in [6.45, 7) is 6.24. The van der Waals surface area contributed by atoms with Crippen LogP contribution in [0, 0.1) is 0 Å². The molecule has 1 aliphatic rings. The minimum Gasteiger partial charge on any atom is -0.444 e. The van der Waals surface area contributed by atoms with Gasteiger partial charge in [0.25, 0.3) is 0 Å². The molecule has 0 atom stereocenters. The summed E-state index contributed by atoms with van der Waals surface area (Å²) in [5.74, 6) is 0. The summed E-state index contributed by atoms with van der Waals surface area (Å²) in [7, 11) is 0. The summed E-state index contributed by atoms with van der Waals surface area (Å²) in [4.78, 5) is 14.0. The fourth-order valence-corrected chi connectivity index (χ4v) is 1.96. The van der Waals surface area contributed by atoms with Crippen LogP contribution in [0.2, 0.25) is 5.02 Å². The first kappa shape index (κ1) is 14.2. The largest absolute Gasteiger partial charge is 0.444 e. The zero-order valence-electron chi connectivity index (χ0n) is 11.6. The first-order chi connectivity index (χ1) is 8.85. The van der Waals surface area contributed by atoms with Crippen molar-refractivity contribution < 1.29 is 9.53 Å². The van der Waals surface area contributed by atoms with Crippen molar-refractivity contribution in [2.75, 3.05) is 0 Å². The van der Waals surface area contributed by atoms with Gasteiger partial charge in [0.15, 0.2) is 0 Å². The molecule has 1 aliphatic carbocycles. The maximum Gasteiger partial charge on any atom is 0.410 e. The lowest BCUT2D eigenvalue weighted by Gasteiger charge is -2.27. The molecule has 0 heterocycles. The molecular weight excluding hydrogens is 262 g/mol. The van der Waals surface area contributed by atoms with Gasteiger partial charge in [-0.25, -0.2) is 4.79 Å². The van der Waals surface area contributed by atoms with Gasteiger partial charge in [-0.2, -0.15) is 0 Å². The molecule has 104 valence electrons. The zero-order chi connectivity index (χ0) is 14.0. The second-order valence-electron chi connectivity index (χ2n) is 5.97. The van der Waals surface area contributed by atoms with E-state index in [4.69, 9.17) is 16.3 Å². The van der Waals surface area contributed by atoms with Crippen molar-refractivity contribution in [2.24, 2.45) is 0 Å². The van der Waals surface area contributed by atoms with Crippen LogP contribution in [0.25, 0.3) is 0 Å². The first-order valence-corrected chi connectivity index (χ1v) is 6.97. The summed E-state index contributed by atoms with van der Waals surface area (Å²) < 4.78 is 5.46. The van der Waals surface area contributed by atoms with Crippen LogP contribution < -0.4 is 0 Å². The van der Waals surface area contributed by atoms with E-state index in [-0.39, 0.29) is 6.09 Å². The van der Waals surface area contributed by atoms with Crippen LogP contribution in [-0.2, 0) is 11.3 Å². The maximum atomic E-state index is 12.2. The molecule has 1 fully saturated rings. The Balaban J connectivity index is 2.04. The van der Waals surface area contributed by atoms with E-state index in [9.17, 15) is 4.79 Å². The van der Waals surface area contributed by atoms with Gasteiger partial charge in [-0.3, -0.25) is 0 Å². The minimum absolute atomic E-state index is 0.232. The Labute approximate surface area is 119 Å². The summed E-state index contributed by atoms with van der Waals surface area (Å²) in [5.41, 5.74) is 0.617. The quantitative estimate of drug-likeness (QED) is 0.829. The number of benzene rings is 1. The molecule has 1 amide bonds. The number of rotatable bonds is 3. The topological polar surface area (TPSA) is 29.5 Å². The van der Waals surface area contributed by atoms with Crippen molar-refractivity contribution >= 4 is 17.7 Å². The fourth-order valence-electron chi connectivity index (χ4n) is 1.84. The average Bonchev–Trinajstić information content (AvgIpc) is 3.09. The Morgan fingerprint density at radius 1 is 1.32 bits per heavy atom. The molecule has 0 aromatic heterocycles. The van der Waals surface area contributed by atoms with Gasteiger partial charge in [0.2, 0.25) is 0 Å². The third-order valence-electron chi connectivity index (χ3n) is 2.88. The van der Waals surface area contributed by atoms with Gasteiger partial charge in [0.1, 0.15) is 5.60 Å². The number of hydrogen-bond acceptors (Lipinski definition) is 2. The van der Waals surface area contributed by atoms with Crippen molar-refractivity contribution in [1.82, 2.24) is 4.90 Å². The van der Waals surface area contributed by atoms with E-state index < -0.39 is 5.60 Å². The molecule has 0 unspecified atom stereocenters. The lowest BCUT2D eigenvalue weighted by molar-refractivity contribution is 0.0217.